The molecule has 0 bridgehead atoms. The number of para-hydroxylation sites is 1. The molecule has 2 rings (SSSR count). The van der Waals surface area contributed by atoms with E-state index < -0.39 is 0 Å². The van der Waals surface area contributed by atoms with E-state index in [0.717, 1.165) is 11.5 Å². The van der Waals surface area contributed by atoms with Gasteiger partial charge in [-0.3, -0.25) is 0 Å². The number of aryl methyl sites for hydroxylation is 2. The highest BCUT2D eigenvalue weighted by Gasteiger charge is 2.10. The van der Waals surface area contributed by atoms with E-state index in [9.17, 15) is 0 Å². The minimum atomic E-state index is 0.266. The molecule has 0 aliphatic rings. The molecule has 1 N–H and O–H groups in total. The van der Waals surface area contributed by atoms with Crippen LogP contribution in [0.3, 0.4) is 0 Å². The summed E-state index contributed by atoms with van der Waals surface area (Å²) in [5, 5.41) is 3.25. The summed E-state index contributed by atoms with van der Waals surface area (Å²) in [5.74, 6) is 1.81. The van der Waals surface area contributed by atoms with Crippen LogP contribution in [-0.2, 0) is 0 Å². The number of hydrogen-bond donors (Lipinski definition) is 1. The zero-order chi connectivity index (χ0) is 13.8. The quantitative estimate of drug-likeness (QED) is 0.875. The van der Waals surface area contributed by atoms with Crippen LogP contribution in [0.1, 0.15) is 29.7 Å². The Hall–Kier alpha value is -1.80. The first kappa shape index (κ1) is 13.6. The number of nitrogens with one attached hydrogen (secondary N) is 1. The van der Waals surface area contributed by atoms with Gasteiger partial charge in [-0.15, -0.1) is 0 Å². The lowest BCUT2D eigenvalue weighted by Gasteiger charge is -2.16. The maximum Gasteiger partial charge on any atom is 0.132 e. The Labute approximate surface area is 115 Å². The van der Waals surface area contributed by atoms with Crippen molar-refractivity contribution < 1.29 is 4.74 Å². The van der Waals surface area contributed by atoms with Crippen molar-refractivity contribution in [3.8, 4) is 11.5 Å². The number of rotatable bonds is 4. The number of benzene rings is 2. The van der Waals surface area contributed by atoms with Crippen LogP contribution in [0.25, 0.3) is 0 Å². The molecule has 2 heteroatoms. The molecule has 0 aromatic heterocycles. The average molecular weight is 255 g/mol. The van der Waals surface area contributed by atoms with Gasteiger partial charge in [0.2, 0.25) is 0 Å². The Bertz CT molecular complexity index is 543. The van der Waals surface area contributed by atoms with Crippen molar-refractivity contribution in [3.63, 3.8) is 0 Å². The summed E-state index contributed by atoms with van der Waals surface area (Å²) >= 11 is 0. The van der Waals surface area contributed by atoms with Gasteiger partial charge in [0.1, 0.15) is 11.5 Å². The van der Waals surface area contributed by atoms with Gasteiger partial charge >= 0.3 is 0 Å². The molecule has 2 nitrogen and oxygen atoms in total. The van der Waals surface area contributed by atoms with Crippen LogP contribution >= 0.6 is 0 Å². The molecule has 0 fully saturated rings. The molecule has 2 aromatic rings. The van der Waals surface area contributed by atoms with Crippen molar-refractivity contribution >= 4 is 0 Å². The van der Waals surface area contributed by atoms with Gasteiger partial charge < -0.3 is 10.1 Å². The van der Waals surface area contributed by atoms with Gasteiger partial charge in [-0.1, -0.05) is 24.3 Å². The summed E-state index contributed by atoms with van der Waals surface area (Å²) in [6.07, 6.45) is 0. The Morgan fingerprint density at radius 1 is 1.00 bits per heavy atom. The first-order valence-electron chi connectivity index (χ1n) is 6.62. The zero-order valence-electron chi connectivity index (χ0n) is 12.0. The predicted octanol–water partition coefficient (Wildman–Crippen LogP) is 4.38. The number of ether oxygens (including phenoxy) is 1. The highest BCUT2D eigenvalue weighted by Crippen LogP contribution is 2.30. The van der Waals surface area contributed by atoms with Gasteiger partial charge in [-0.25, -0.2) is 0 Å². The third kappa shape index (κ3) is 3.36. The Balaban J connectivity index is 2.32. The maximum absolute atomic E-state index is 6.05. The molecule has 100 valence electrons. The van der Waals surface area contributed by atoms with Crippen LogP contribution in [0.5, 0.6) is 11.5 Å². The lowest BCUT2D eigenvalue weighted by atomic mass is 10.1. The first-order chi connectivity index (χ1) is 9.10. The standard InChI is InChI=1S/C17H21NO/c1-12-9-13(2)11-15(10-12)19-17-8-6-5-7-16(17)14(3)18-4/h5-11,14,18H,1-4H3. The second-order valence-electron chi connectivity index (χ2n) is 4.97. The minimum Gasteiger partial charge on any atom is -0.457 e. The monoisotopic (exact) mass is 255 g/mol. The fourth-order valence-electron chi connectivity index (χ4n) is 2.21. The van der Waals surface area contributed by atoms with Crippen molar-refractivity contribution in [2.45, 2.75) is 26.8 Å². The fraction of sp³-hybridized carbons (Fsp3) is 0.294. The molecular weight excluding hydrogens is 234 g/mol. The van der Waals surface area contributed by atoms with Crippen molar-refractivity contribution in [3.05, 3.63) is 59.2 Å². The van der Waals surface area contributed by atoms with Gasteiger partial charge in [0.15, 0.2) is 0 Å². The zero-order valence-corrected chi connectivity index (χ0v) is 12.0. The minimum absolute atomic E-state index is 0.266. The van der Waals surface area contributed by atoms with Crippen molar-refractivity contribution in [2.24, 2.45) is 0 Å². The molecule has 0 radical (unpaired) electrons. The molecular formula is C17H21NO. The molecule has 0 aliphatic heterocycles. The summed E-state index contributed by atoms with van der Waals surface area (Å²) < 4.78 is 6.05. The van der Waals surface area contributed by atoms with E-state index in [1.54, 1.807) is 0 Å². The summed E-state index contributed by atoms with van der Waals surface area (Å²) in [4.78, 5) is 0. The van der Waals surface area contributed by atoms with Crippen molar-refractivity contribution in [1.29, 1.82) is 0 Å². The van der Waals surface area contributed by atoms with Crippen LogP contribution in [0, 0.1) is 13.8 Å². The van der Waals surface area contributed by atoms with E-state index >= 15 is 0 Å². The van der Waals surface area contributed by atoms with E-state index in [0.29, 0.717) is 0 Å². The van der Waals surface area contributed by atoms with Gasteiger partial charge in [-0.05, 0) is 57.1 Å². The number of hydrogen-bond acceptors (Lipinski definition) is 2. The molecule has 1 atom stereocenters. The average Bonchev–Trinajstić information content (AvgIpc) is 2.37. The first-order valence-corrected chi connectivity index (χ1v) is 6.62. The van der Waals surface area contributed by atoms with Gasteiger partial charge in [0, 0.05) is 11.6 Å². The Morgan fingerprint density at radius 2 is 1.63 bits per heavy atom. The van der Waals surface area contributed by atoms with E-state index in [-0.39, 0.29) is 6.04 Å². The van der Waals surface area contributed by atoms with Gasteiger partial charge in [0.25, 0.3) is 0 Å². The Kier molecular flexibility index (Phi) is 4.23. The van der Waals surface area contributed by atoms with Crippen LogP contribution in [-0.4, -0.2) is 7.05 Å². The topological polar surface area (TPSA) is 21.3 Å². The Morgan fingerprint density at radius 3 is 2.26 bits per heavy atom. The summed E-state index contributed by atoms with van der Waals surface area (Å²) in [6.45, 7) is 6.30. The molecule has 0 saturated heterocycles. The van der Waals surface area contributed by atoms with Crippen molar-refractivity contribution in [2.75, 3.05) is 7.05 Å². The van der Waals surface area contributed by atoms with E-state index in [1.807, 2.05) is 25.2 Å². The summed E-state index contributed by atoms with van der Waals surface area (Å²) in [5.41, 5.74) is 3.60. The molecule has 1 unspecified atom stereocenters. The SMILES string of the molecule is CNC(C)c1ccccc1Oc1cc(C)cc(C)c1. The lowest BCUT2D eigenvalue weighted by Crippen LogP contribution is -2.13. The van der Waals surface area contributed by atoms with Crippen LogP contribution in [0.4, 0.5) is 0 Å². The normalized spacial score (nSPS) is 12.2. The van der Waals surface area contributed by atoms with E-state index in [2.05, 4.69) is 50.4 Å². The molecule has 19 heavy (non-hydrogen) atoms. The summed E-state index contributed by atoms with van der Waals surface area (Å²) in [7, 11) is 1.96. The van der Waals surface area contributed by atoms with E-state index in [4.69, 9.17) is 4.74 Å². The third-order valence-electron chi connectivity index (χ3n) is 3.24. The van der Waals surface area contributed by atoms with E-state index in [1.165, 1.54) is 16.7 Å². The van der Waals surface area contributed by atoms with Crippen LogP contribution in [0.2, 0.25) is 0 Å². The molecule has 2 aromatic carbocycles. The maximum atomic E-state index is 6.05. The highest BCUT2D eigenvalue weighted by molar-refractivity contribution is 5.41. The predicted molar refractivity (Wildman–Crippen MR) is 79.9 cm³/mol. The fourth-order valence-corrected chi connectivity index (χ4v) is 2.21. The third-order valence-corrected chi connectivity index (χ3v) is 3.24. The van der Waals surface area contributed by atoms with Crippen LogP contribution in [0.15, 0.2) is 42.5 Å². The lowest BCUT2D eigenvalue weighted by molar-refractivity contribution is 0.465. The summed E-state index contributed by atoms with van der Waals surface area (Å²) in [6, 6.07) is 14.7. The van der Waals surface area contributed by atoms with Crippen LogP contribution < -0.4 is 10.1 Å². The smallest absolute Gasteiger partial charge is 0.132 e. The molecule has 0 saturated carbocycles. The largest absolute Gasteiger partial charge is 0.457 e. The molecule has 0 heterocycles. The second-order valence-corrected chi connectivity index (χ2v) is 4.97. The van der Waals surface area contributed by atoms with Crippen molar-refractivity contribution in [1.82, 2.24) is 5.32 Å². The molecule has 0 spiro atoms. The van der Waals surface area contributed by atoms with Gasteiger partial charge in [0.05, 0.1) is 0 Å². The second kappa shape index (κ2) is 5.89. The molecule has 0 amide bonds. The molecule has 0 aliphatic carbocycles. The highest BCUT2D eigenvalue weighted by atomic mass is 16.5. The van der Waals surface area contributed by atoms with Gasteiger partial charge in [-0.2, -0.15) is 0 Å².